The van der Waals surface area contributed by atoms with E-state index < -0.39 is 49.2 Å². The molecule has 224 valence electrons. The summed E-state index contributed by atoms with van der Waals surface area (Å²) in [6.45, 7) is -0.290. The van der Waals surface area contributed by atoms with Crippen LogP contribution in [0.25, 0.3) is 11.3 Å². The number of phosphoric acid groups is 1. The van der Waals surface area contributed by atoms with Gasteiger partial charge in [-0.2, -0.15) is 13.2 Å². The lowest BCUT2D eigenvalue weighted by atomic mass is 10.0. The number of alkyl halides is 3. The highest BCUT2D eigenvalue weighted by Gasteiger charge is 2.40. The van der Waals surface area contributed by atoms with E-state index in [1.807, 2.05) is 0 Å². The fourth-order valence-electron chi connectivity index (χ4n) is 4.21. The lowest BCUT2D eigenvalue weighted by molar-refractivity contribution is -0.148. The van der Waals surface area contributed by atoms with Crippen molar-refractivity contribution in [2.75, 3.05) is 13.7 Å². The standard InChI is InChI=1S/C24H22F6N4O2.H3O4P/c1-36-16-4-2-13(3-5-16)22-20-12-33(6-7-34(20)23(32-22)24(28,29)30)21(35)10-15(31)8-14-9-18(26)19(27)11-17(14)25;1-5(2,3)4/h2-5,9,11,15H,6-8,10,12,31H2,1H3;(H3,1,2,3,4)/t15-;/m1./s1. The quantitative estimate of drug-likeness (QED) is 0.189. The average molecular weight is 610 g/mol. The predicted molar refractivity (Wildman–Crippen MR) is 132 cm³/mol. The number of nitrogens with two attached hydrogens (primary N) is 1. The maximum atomic E-state index is 13.9. The molecule has 2 aromatic carbocycles. The zero-order chi connectivity index (χ0) is 30.7. The van der Waals surface area contributed by atoms with Crippen molar-refractivity contribution in [3.05, 3.63) is 70.9 Å². The third-order valence-corrected chi connectivity index (χ3v) is 5.98. The molecular weight excluding hydrogens is 585 g/mol. The van der Waals surface area contributed by atoms with Gasteiger partial charge in [-0.05, 0) is 42.3 Å². The van der Waals surface area contributed by atoms with Crippen LogP contribution < -0.4 is 10.5 Å². The second-order valence-corrected chi connectivity index (χ2v) is 9.99. The minimum atomic E-state index is -4.69. The monoisotopic (exact) mass is 610 g/mol. The van der Waals surface area contributed by atoms with Crippen LogP contribution in [0.2, 0.25) is 0 Å². The van der Waals surface area contributed by atoms with Crippen molar-refractivity contribution in [2.24, 2.45) is 5.73 Å². The van der Waals surface area contributed by atoms with Gasteiger partial charge in [-0.15, -0.1) is 0 Å². The van der Waals surface area contributed by atoms with Crippen molar-refractivity contribution >= 4 is 13.7 Å². The van der Waals surface area contributed by atoms with Gasteiger partial charge in [-0.25, -0.2) is 22.7 Å². The van der Waals surface area contributed by atoms with Gasteiger partial charge in [-0.3, -0.25) is 4.79 Å². The van der Waals surface area contributed by atoms with Crippen molar-refractivity contribution in [1.29, 1.82) is 0 Å². The number of amides is 1. The van der Waals surface area contributed by atoms with E-state index in [1.54, 1.807) is 24.3 Å². The lowest BCUT2D eigenvalue weighted by Gasteiger charge is -2.30. The van der Waals surface area contributed by atoms with Crippen LogP contribution in [0.3, 0.4) is 0 Å². The summed E-state index contributed by atoms with van der Waals surface area (Å²) in [5, 5.41) is 0. The van der Waals surface area contributed by atoms with Crippen molar-refractivity contribution in [3.8, 4) is 17.0 Å². The zero-order valence-electron chi connectivity index (χ0n) is 21.3. The number of imidazole rings is 1. The van der Waals surface area contributed by atoms with E-state index in [0.29, 0.717) is 23.4 Å². The Hall–Kier alpha value is -3.43. The molecule has 0 aliphatic carbocycles. The molecular formula is C24H25F6N4O6P. The van der Waals surface area contributed by atoms with Gasteiger partial charge in [0.25, 0.3) is 0 Å². The Balaban J connectivity index is 0.000000850. The van der Waals surface area contributed by atoms with E-state index in [0.717, 1.165) is 4.57 Å². The molecule has 1 amide bonds. The number of benzene rings is 2. The molecule has 3 aromatic rings. The normalized spacial score (nSPS) is 14.2. The van der Waals surface area contributed by atoms with Gasteiger partial charge in [0.15, 0.2) is 11.6 Å². The fourth-order valence-corrected chi connectivity index (χ4v) is 4.21. The van der Waals surface area contributed by atoms with E-state index in [2.05, 4.69) is 4.98 Å². The molecule has 0 fully saturated rings. The second-order valence-electron chi connectivity index (χ2n) is 8.96. The molecule has 1 atom stereocenters. The maximum Gasteiger partial charge on any atom is 0.466 e. The van der Waals surface area contributed by atoms with Crippen molar-refractivity contribution in [3.63, 3.8) is 0 Å². The van der Waals surface area contributed by atoms with Crippen molar-refractivity contribution in [2.45, 2.75) is 38.1 Å². The van der Waals surface area contributed by atoms with Crippen LogP contribution in [0.1, 0.15) is 23.5 Å². The molecule has 41 heavy (non-hydrogen) atoms. The Kier molecular flexibility index (Phi) is 9.87. The number of fused-ring (bicyclic) bond motifs is 1. The topological polar surface area (TPSA) is 151 Å². The first-order valence-electron chi connectivity index (χ1n) is 11.7. The molecule has 4 rings (SSSR count). The molecule has 0 saturated carbocycles. The number of carbonyl (C=O) groups excluding carboxylic acids is 1. The summed E-state index contributed by atoms with van der Waals surface area (Å²) in [5.74, 6) is -4.56. The fraction of sp³-hybridized carbons (Fsp3) is 0.333. The highest BCUT2D eigenvalue weighted by Crippen LogP contribution is 2.36. The third kappa shape index (κ3) is 8.53. The van der Waals surface area contributed by atoms with Gasteiger partial charge in [0.05, 0.1) is 25.0 Å². The van der Waals surface area contributed by atoms with Crippen molar-refractivity contribution in [1.82, 2.24) is 14.5 Å². The summed E-state index contributed by atoms with van der Waals surface area (Å²) < 4.78 is 96.6. The molecule has 0 radical (unpaired) electrons. The Bertz CT molecular complexity index is 1440. The number of carbonyl (C=O) groups is 1. The number of halogens is 6. The van der Waals surface area contributed by atoms with Crippen LogP contribution in [0.15, 0.2) is 36.4 Å². The number of aromatic nitrogens is 2. The van der Waals surface area contributed by atoms with Crippen LogP contribution in [0.5, 0.6) is 5.75 Å². The minimum absolute atomic E-state index is 0.0143. The maximum absolute atomic E-state index is 13.9. The zero-order valence-corrected chi connectivity index (χ0v) is 22.2. The van der Waals surface area contributed by atoms with Gasteiger partial charge >= 0.3 is 14.0 Å². The van der Waals surface area contributed by atoms with Crippen LogP contribution in [-0.2, 0) is 35.0 Å². The number of ether oxygens (including phenoxy) is 1. The highest BCUT2D eigenvalue weighted by molar-refractivity contribution is 7.45. The molecule has 17 heteroatoms. The van der Waals surface area contributed by atoms with Crippen LogP contribution in [-0.4, -0.2) is 54.7 Å². The predicted octanol–water partition coefficient (Wildman–Crippen LogP) is 3.37. The number of hydrogen-bond acceptors (Lipinski definition) is 5. The molecule has 10 nitrogen and oxygen atoms in total. The third-order valence-electron chi connectivity index (χ3n) is 5.98. The SMILES string of the molecule is COc1ccc(-c2nc(C(F)(F)F)n3c2CN(C(=O)C[C@H](N)Cc2cc(F)c(F)cc2F)CC3)cc1.O=P(O)(O)O. The minimum Gasteiger partial charge on any atom is -0.497 e. The van der Waals surface area contributed by atoms with E-state index in [4.69, 9.17) is 29.7 Å². The summed E-state index contributed by atoms with van der Waals surface area (Å²) in [4.78, 5) is 39.7. The van der Waals surface area contributed by atoms with E-state index >= 15 is 0 Å². The average Bonchev–Trinajstić information content (AvgIpc) is 3.26. The van der Waals surface area contributed by atoms with Gasteiger partial charge < -0.3 is 34.6 Å². The number of hydrogen-bond donors (Lipinski definition) is 4. The summed E-state index contributed by atoms with van der Waals surface area (Å²) in [7, 11) is -3.18. The number of methoxy groups -OCH3 is 1. The molecule has 0 saturated heterocycles. The molecule has 2 heterocycles. The van der Waals surface area contributed by atoms with Gasteiger partial charge in [0.1, 0.15) is 11.6 Å². The Morgan fingerprint density at radius 2 is 1.66 bits per heavy atom. The van der Waals surface area contributed by atoms with E-state index in [1.165, 1.54) is 12.0 Å². The van der Waals surface area contributed by atoms with E-state index in [-0.39, 0.29) is 49.4 Å². The molecule has 0 unspecified atom stereocenters. The summed E-state index contributed by atoms with van der Waals surface area (Å²) >= 11 is 0. The molecule has 0 spiro atoms. The lowest BCUT2D eigenvalue weighted by Crippen LogP contribution is -2.42. The summed E-state index contributed by atoms with van der Waals surface area (Å²) in [6.07, 6.45) is -5.19. The molecule has 0 bridgehead atoms. The molecule has 1 aliphatic rings. The second kappa shape index (κ2) is 12.6. The Morgan fingerprint density at radius 1 is 1.07 bits per heavy atom. The van der Waals surface area contributed by atoms with Crippen molar-refractivity contribution < 1.29 is 55.1 Å². The van der Waals surface area contributed by atoms with Crippen LogP contribution >= 0.6 is 7.82 Å². The van der Waals surface area contributed by atoms with E-state index in [9.17, 15) is 31.1 Å². The first kappa shape index (κ1) is 32.1. The largest absolute Gasteiger partial charge is 0.497 e. The van der Waals surface area contributed by atoms with Gasteiger partial charge in [-0.1, -0.05) is 0 Å². The Labute approximate surface area is 229 Å². The smallest absolute Gasteiger partial charge is 0.466 e. The van der Waals surface area contributed by atoms with Crippen LogP contribution in [0, 0.1) is 17.5 Å². The summed E-state index contributed by atoms with van der Waals surface area (Å²) in [5.41, 5.74) is 6.52. The highest BCUT2D eigenvalue weighted by atomic mass is 31.2. The number of rotatable bonds is 6. The molecule has 5 N–H and O–H groups in total. The molecule has 1 aromatic heterocycles. The number of nitrogens with zero attached hydrogens (tertiary/aromatic N) is 3. The molecule has 1 aliphatic heterocycles. The first-order chi connectivity index (χ1) is 19.0. The van der Waals surface area contributed by atoms with Gasteiger partial charge in [0, 0.05) is 37.2 Å². The van der Waals surface area contributed by atoms with Gasteiger partial charge in [0.2, 0.25) is 11.7 Å². The first-order valence-corrected chi connectivity index (χ1v) is 13.3. The summed E-state index contributed by atoms with van der Waals surface area (Å²) in [6, 6.07) is 6.52. The van der Waals surface area contributed by atoms with Crippen LogP contribution in [0.4, 0.5) is 26.3 Å². The Morgan fingerprint density at radius 3 is 2.22 bits per heavy atom.